The summed E-state index contributed by atoms with van der Waals surface area (Å²) in [5.41, 5.74) is 7.13. The van der Waals surface area contributed by atoms with E-state index in [0.717, 1.165) is 45.6 Å². The number of nitrogens with zero attached hydrogens (tertiary/aromatic N) is 4. The van der Waals surface area contributed by atoms with Crippen LogP contribution in [0.25, 0.3) is 22.2 Å². The molecule has 1 aromatic heterocycles. The van der Waals surface area contributed by atoms with Gasteiger partial charge < -0.3 is 4.74 Å². The maximum atomic E-state index is 6.18. The number of benzene rings is 4. The van der Waals surface area contributed by atoms with Crippen LogP contribution in [0.1, 0.15) is 29.2 Å². The Kier molecular flexibility index (Phi) is 6.07. The van der Waals surface area contributed by atoms with E-state index in [-0.39, 0.29) is 6.04 Å². The lowest BCUT2D eigenvalue weighted by atomic mass is 9.97. The molecule has 1 atom stereocenters. The summed E-state index contributed by atoms with van der Waals surface area (Å²) in [6, 6.07) is 32.4. The Labute approximate surface area is 221 Å². The number of hydrazone groups is 1. The van der Waals surface area contributed by atoms with Crippen molar-refractivity contribution in [1.82, 2.24) is 9.97 Å². The second-order valence-corrected chi connectivity index (χ2v) is 9.59. The lowest BCUT2D eigenvalue weighted by molar-refractivity contribution is 0.415. The highest BCUT2D eigenvalue weighted by Crippen LogP contribution is 2.38. The van der Waals surface area contributed by atoms with Crippen LogP contribution in [-0.4, -0.2) is 22.8 Å². The minimum absolute atomic E-state index is 0.0313. The van der Waals surface area contributed by atoms with Gasteiger partial charge in [-0.1, -0.05) is 71.8 Å². The topological polar surface area (TPSA) is 50.6 Å². The highest BCUT2D eigenvalue weighted by atomic mass is 35.5. The Hall–Kier alpha value is -4.22. The molecular weight excluding hydrogens is 480 g/mol. The number of fused-ring (bicyclic) bond motifs is 1. The molecule has 5 nitrogen and oxygen atoms in total. The van der Waals surface area contributed by atoms with Crippen molar-refractivity contribution < 1.29 is 4.74 Å². The average Bonchev–Trinajstić information content (AvgIpc) is 3.39. The summed E-state index contributed by atoms with van der Waals surface area (Å²) in [6.07, 6.45) is 0.738. The molecule has 0 N–H and O–H groups in total. The lowest BCUT2D eigenvalue weighted by Crippen LogP contribution is -2.21. The third kappa shape index (κ3) is 4.54. The maximum Gasteiger partial charge on any atom is 0.247 e. The van der Waals surface area contributed by atoms with Gasteiger partial charge in [-0.3, -0.25) is 0 Å². The first-order chi connectivity index (χ1) is 18.1. The molecule has 0 amide bonds. The number of aryl methyl sites for hydroxylation is 1. The Morgan fingerprint density at radius 3 is 2.35 bits per heavy atom. The first-order valence-corrected chi connectivity index (χ1v) is 12.6. The third-order valence-electron chi connectivity index (χ3n) is 6.67. The summed E-state index contributed by atoms with van der Waals surface area (Å²) in [6.45, 7) is 2.11. The third-order valence-corrected chi connectivity index (χ3v) is 6.93. The monoisotopic (exact) mass is 504 g/mol. The number of hydrogen-bond acceptors (Lipinski definition) is 5. The highest BCUT2D eigenvalue weighted by Gasteiger charge is 2.32. The van der Waals surface area contributed by atoms with Gasteiger partial charge in [0.15, 0.2) is 0 Å². The van der Waals surface area contributed by atoms with Crippen molar-refractivity contribution in [3.05, 3.63) is 119 Å². The van der Waals surface area contributed by atoms with E-state index in [0.29, 0.717) is 11.0 Å². The SMILES string of the molecule is COc1ccc(C2=NN(c3nc(-c4ccc(Cl)cc4)c4ccccc4n3)C(c3cccc(C)c3)C2)cc1. The number of rotatable bonds is 5. The van der Waals surface area contributed by atoms with Gasteiger partial charge in [0.05, 0.1) is 30.1 Å². The molecule has 182 valence electrons. The standard InChI is InChI=1S/C31H25ClN4O/c1-20-6-5-7-23(18-20)29-19-28(21-12-16-25(37-2)17-13-21)35-36(29)31-33-27-9-4-3-8-26(27)30(34-31)22-10-14-24(32)15-11-22/h3-18,29H,19H2,1-2H3. The van der Waals surface area contributed by atoms with Crippen molar-refractivity contribution in [2.75, 3.05) is 12.1 Å². The van der Waals surface area contributed by atoms with Gasteiger partial charge in [0, 0.05) is 22.4 Å². The van der Waals surface area contributed by atoms with E-state index >= 15 is 0 Å². The van der Waals surface area contributed by atoms with E-state index in [9.17, 15) is 0 Å². The molecule has 4 aromatic carbocycles. The molecular formula is C31H25ClN4O. The number of hydrogen-bond donors (Lipinski definition) is 0. The zero-order valence-electron chi connectivity index (χ0n) is 20.6. The van der Waals surface area contributed by atoms with E-state index < -0.39 is 0 Å². The fraction of sp³-hybridized carbons (Fsp3) is 0.129. The van der Waals surface area contributed by atoms with Crippen LogP contribution >= 0.6 is 11.6 Å². The molecule has 0 radical (unpaired) electrons. The van der Waals surface area contributed by atoms with Gasteiger partial charge >= 0.3 is 0 Å². The van der Waals surface area contributed by atoms with Gasteiger partial charge in [0.25, 0.3) is 0 Å². The van der Waals surface area contributed by atoms with Gasteiger partial charge in [-0.15, -0.1) is 0 Å². The number of ether oxygens (including phenoxy) is 1. The number of halogens is 1. The smallest absolute Gasteiger partial charge is 0.247 e. The first-order valence-electron chi connectivity index (χ1n) is 12.2. The summed E-state index contributed by atoms with van der Waals surface area (Å²) in [4.78, 5) is 10.1. The Bertz CT molecular complexity index is 1610. The van der Waals surface area contributed by atoms with E-state index in [1.54, 1.807) is 7.11 Å². The van der Waals surface area contributed by atoms with Crippen LogP contribution in [0.3, 0.4) is 0 Å². The molecule has 1 aliphatic rings. The second-order valence-electron chi connectivity index (χ2n) is 9.15. The van der Waals surface area contributed by atoms with Crippen molar-refractivity contribution in [2.24, 2.45) is 5.10 Å². The molecule has 0 saturated heterocycles. The molecule has 6 rings (SSSR count). The first kappa shape index (κ1) is 23.2. The summed E-state index contributed by atoms with van der Waals surface area (Å²) < 4.78 is 5.35. The minimum Gasteiger partial charge on any atom is -0.497 e. The maximum absolute atomic E-state index is 6.18. The minimum atomic E-state index is -0.0313. The van der Waals surface area contributed by atoms with E-state index in [1.165, 1.54) is 11.1 Å². The fourth-order valence-electron chi connectivity index (χ4n) is 4.78. The van der Waals surface area contributed by atoms with Crippen molar-refractivity contribution in [3.63, 3.8) is 0 Å². The molecule has 5 aromatic rings. The Balaban J connectivity index is 1.51. The predicted octanol–water partition coefficient (Wildman–Crippen LogP) is 7.62. The number of methoxy groups -OCH3 is 1. The van der Waals surface area contributed by atoms with E-state index in [1.807, 2.05) is 59.6 Å². The zero-order valence-corrected chi connectivity index (χ0v) is 21.4. The van der Waals surface area contributed by atoms with E-state index in [4.69, 9.17) is 31.4 Å². The number of para-hydroxylation sites is 1. The molecule has 0 fully saturated rings. The van der Waals surface area contributed by atoms with Crippen LogP contribution in [0.2, 0.25) is 5.02 Å². The Morgan fingerprint density at radius 2 is 1.59 bits per heavy atom. The van der Waals surface area contributed by atoms with Crippen LogP contribution in [0, 0.1) is 6.92 Å². The zero-order chi connectivity index (χ0) is 25.4. The molecule has 6 heteroatoms. The van der Waals surface area contributed by atoms with Crippen molar-refractivity contribution in [3.8, 4) is 17.0 Å². The van der Waals surface area contributed by atoms with Gasteiger partial charge in [-0.05, 0) is 60.5 Å². The van der Waals surface area contributed by atoms with Crippen LogP contribution in [0.15, 0.2) is 102 Å². The van der Waals surface area contributed by atoms with Crippen molar-refractivity contribution in [1.29, 1.82) is 0 Å². The van der Waals surface area contributed by atoms with Crippen LogP contribution in [-0.2, 0) is 0 Å². The van der Waals surface area contributed by atoms with Gasteiger partial charge in [-0.2, -0.15) is 5.10 Å². The second kappa shape index (κ2) is 9.68. The van der Waals surface area contributed by atoms with Gasteiger partial charge in [0.1, 0.15) is 5.75 Å². The normalized spacial score (nSPS) is 15.2. The summed E-state index contributed by atoms with van der Waals surface area (Å²) in [5, 5.41) is 8.74. The van der Waals surface area contributed by atoms with Crippen LogP contribution < -0.4 is 9.75 Å². The largest absolute Gasteiger partial charge is 0.497 e. The van der Waals surface area contributed by atoms with Crippen molar-refractivity contribution in [2.45, 2.75) is 19.4 Å². The fourth-order valence-corrected chi connectivity index (χ4v) is 4.91. The predicted molar refractivity (Wildman–Crippen MR) is 151 cm³/mol. The average molecular weight is 505 g/mol. The van der Waals surface area contributed by atoms with E-state index in [2.05, 4.69) is 49.4 Å². The quantitative estimate of drug-likeness (QED) is 0.247. The Morgan fingerprint density at radius 1 is 0.838 bits per heavy atom. The molecule has 37 heavy (non-hydrogen) atoms. The highest BCUT2D eigenvalue weighted by molar-refractivity contribution is 6.30. The van der Waals surface area contributed by atoms with Crippen LogP contribution in [0.4, 0.5) is 5.95 Å². The lowest BCUT2D eigenvalue weighted by Gasteiger charge is -2.23. The molecule has 0 saturated carbocycles. The molecule has 1 unspecified atom stereocenters. The van der Waals surface area contributed by atoms with Gasteiger partial charge in [0.2, 0.25) is 5.95 Å². The summed E-state index contributed by atoms with van der Waals surface area (Å²) in [5.74, 6) is 1.39. The number of anilines is 1. The molecule has 2 heterocycles. The van der Waals surface area contributed by atoms with Gasteiger partial charge in [-0.25, -0.2) is 15.0 Å². The summed E-state index contributed by atoms with van der Waals surface area (Å²) >= 11 is 6.18. The molecule has 1 aliphatic heterocycles. The molecule has 0 bridgehead atoms. The summed E-state index contributed by atoms with van der Waals surface area (Å²) in [7, 11) is 1.67. The molecule has 0 spiro atoms. The van der Waals surface area contributed by atoms with Crippen LogP contribution in [0.5, 0.6) is 5.75 Å². The number of aromatic nitrogens is 2. The molecule has 0 aliphatic carbocycles. The van der Waals surface area contributed by atoms with Crippen molar-refractivity contribution >= 4 is 34.2 Å².